The lowest BCUT2D eigenvalue weighted by atomic mass is 10.1. The zero-order chi connectivity index (χ0) is 16.7. The maximum absolute atomic E-state index is 12.8. The van der Waals surface area contributed by atoms with Gasteiger partial charge in [-0.25, -0.2) is 9.50 Å². The minimum atomic E-state index is -0.145. The number of aromatic nitrogens is 6. The first kappa shape index (κ1) is 14.8. The van der Waals surface area contributed by atoms with Gasteiger partial charge in [-0.15, -0.1) is 5.10 Å². The highest BCUT2D eigenvalue weighted by atomic mass is 16.2. The van der Waals surface area contributed by atoms with E-state index in [1.165, 1.54) is 0 Å². The van der Waals surface area contributed by atoms with E-state index in [0.717, 1.165) is 30.6 Å². The third-order valence-electron chi connectivity index (χ3n) is 4.41. The molecule has 0 unspecified atom stereocenters. The van der Waals surface area contributed by atoms with Gasteiger partial charge < -0.3 is 4.90 Å². The van der Waals surface area contributed by atoms with Crippen LogP contribution in [0, 0.1) is 13.8 Å². The largest absolute Gasteiger partial charge is 0.334 e. The lowest BCUT2D eigenvalue weighted by molar-refractivity contribution is 0.0661. The molecule has 1 fully saturated rings. The second kappa shape index (κ2) is 5.70. The van der Waals surface area contributed by atoms with Crippen molar-refractivity contribution in [2.75, 3.05) is 13.1 Å². The molecular weight excluding hydrogens is 306 g/mol. The van der Waals surface area contributed by atoms with Gasteiger partial charge in [0, 0.05) is 31.2 Å². The van der Waals surface area contributed by atoms with Gasteiger partial charge in [-0.3, -0.25) is 9.48 Å². The van der Waals surface area contributed by atoms with E-state index in [9.17, 15) is 4.79 Å². The topological polar surface area (TPSA) is 81.2 Å². The van der Waals surface area contributed by atoms with Crippen molar-refractivity contribution >= 4 is 11.7 Å². The van der Waals surface area contributed by atoms with Crippen molar-refractivity contribution in [2.45, 2.75) is 32.7 Å². The molecular formula is C16H19N7O. The third kappa shape index (κ3) is 2.53. The van der Waals surface area contributed by atoms with E-state index < -0.39 is 0 Å². The molecule has 8 heteroatoms. The molecule has 4 heterocycles. The number of aryl methyl sites for hydroxylation is 2. The molecule has 3 aromatic rings. The molecule has 1 saturated heterocycles. The number of likely N-dealkylation sites (tertiary alicyclic amines) is 1. The van der Waals surface area contributed by atoms with Crippen LogP contribution in [0.25, 0.3) is 5.78 Å². The minimum Gasteiger partial charge on any atom is -0.334 e. The quantitative estimate of drug-likeness (QED) is 0.712. The van der Waals surface area contributed by atoms with Gasteiger partial charge in [0.2, 0.25) is 5.82 Å². The maximum atomic E-state index is 12.8. The SMILES string of the molecule is Cc1cnn([C@@H]2CCCN(C(=O)c3nc4nccc(C)n4n3)C2)c1. The van der Waals surface area contributed by atoms with Crippen molar-refractivity contribution in [1.82, 2.24) is 34.3 Å². The van der Waals surface area contributed by atoms with Gasteiger partial charge in [0.15, 0.2) is 0 Å². The van der Waals surface area contributed by atoms with Gasteiger partial charge in [-0.1, -0.05) is 0 Å². The molecule has 0 aromatic carbocycles. The smallest absolute Gasteiger partial charge is 0.293 e. The standard InChI is InChI=1S/C16H19N7O/c1-11-8-18-22(9-11)13-4-3-7-21(10-13)15(24)14-19-16-17-6-5-12(2)23(16)20-14/h5-6,8-9,13H,3-4,7,10H2,1-2H3/t13-/m1/s1. The van der Waals surface area contributed by atoms with Crippen LogP contribution < -0.4 is 0 Å². The summed E-state index contributed by atoms with van der Waals surface area (Å²) in [5.74, 6) is 0.511. The second-order valence-corrected chi connectivity index (χ2v) is 6.28. The molecule has 0 spiro atoms. The molecule has 0 bridgehead atoms. The Morgan fingerprint density at radius 2 is 2.21 bits per heavy atom. The van der Waals surface area contributed by atoms with E-state index in [4.69, 9.17) is 0 Å². The van der Waals surface area contributed by atoms with Gasteiger partial charge >= 0.3 is 0 Å². The summed E-state index contributed by atoms with van der Waals surface area (Å²) in [5, 5.41) is 8.70. The van der Waals surface area contributed by atoms with E-state index >= 15 is 0 Å². The molecule has 0 radical (unpaired) electrons. The summed E-state index contributed by atoms with van der Waals surface area (Å²) in [6, 6.07) is 2.04. The average molecular weight is 325 g/mol. The van der Waals surface area contributed by atoms with Gasteiger partial charge in [-0.2, -0.15) is 10.1 Å². The number of carbonyl (C=O) groups excluding carboxylic acids is 1. The molecule has 0 saturated carbocycles. The molecule has 0 aliphatic carbocycles. The summed E-state index contributed by atoms with van der Waals surface area (Å²) < 4.78 is 3.56. The van der Waals surface area contributed by atoms with Crippen LogP contribution in [0.2, 0.25) is 0 Å². The molecule has 8 nitrogen and oxygen atoms in total. The highest BCUT2D eigenvalue weighted by Crippen LogP contribution is 2.22. The lowest BCUT2D eigenvalue weighted by Gasteiger charge is -2.32. The predicted octanol–water partition coefficient (Wildman–Crippen LogP) is 1.41. The normalized spacial score (nSPS) is 18.2. The molecule has 24 heavy (non-hydrogen) atoms. The zero-order valence-corrected chi connectivity index (χ0v) is 13.8. The molecule has 4 rings (SSSR count). The summed E-state index contributed by atoms with van der Waals surface area (Å²) in [6.07, 6.45) is 7.50. The van der Waals surface area contributed by atoms with Crippen molar-refractivity contribution in [1.29, 1.82) is 0 Å². The maximum Gasteiger partial charge on any atom is 0.293 e. The van der Waals surface area contributed by atoms with Crippen LogP contribution in [0.15, 0.2) is 24.7 Å². The number of amides is 1. The monoisotopic (exact) mass is 325 g/mol. The first-order chi connectivity index (χ1) is 11.6. The van der Waals surface area contributed by atoms with Crippen LogP contribution in [-0.2, 0) is 0 Å². The zero-order valence-electron chi connectivity index (χ0n) is 13.8. The highest BCUT2D eigenvalue weighted by Gasteiger charge is 2.28. The summed E-state index contributed by atoms with van der Waals surface area (Å²) in [4.78, 5) is 23.0. The Bertz CT molecular complexity index is 897. The van der Waals surface area contributed by atoms with Crippen LogP contribution in [-0.4, -0.2) is 53.3 Å². The molecule has 1 aliphatic rings. The predicted molar refractivity (Wildman–Crippen MR) is 86.7 cm³/mol. The first-order valence-electron chi connectivity index (χ1n) is 8.10. The fraction of sp³-hybridized carbons (Fsp3) is 0.438. The molecule has 1 amide bonds. The Morgan fingerprint density at radius 3 is 2.96 bits per heavy atom. The van der Waals surface area contributed by atoms with Crippen LogP contribution in [0.5, 0.6) is 0 Å². The third-order valence-corrected chi connectivity index (χ3v) is 4.41. The number of rotatable bonds is 2. The van der Waals surface area contributed by atoms with Crippen molar-refractivity contribution in [2.24, 2.45) is 0 Å². The Morgan fingerprint density at radius 1 is 1.33 bits per heavy atom. The van der Waals surface area contributed by atoms with E-state index in [1.54, 1.807) is 10.7 Å². The fourth-order valence-electron chi connectivity index (χ4n) is 3.13. The summed E-state index contributed by atoms with van der Waals surface area (Å²) in [6.45, 7) is 5.28. The first-order valence-corrected chi connectivity index (χ1v) is 8.10. The van der Waals surface area contributed by atoms with Crippen molar-refractivity contribution in [3.8, 4) is 0 Å². The number of fused-ring (bicyclic) bond motifs is 1. The van der Waals surface area contributed by atoms with E-state index in [2.05, 4.69) is 20.2 Å². The summed E-state index contributed by atoms with van der Waals surface area (Å²) in [5.41, 5.74) is 2.03. The Labute approximate surface area is 139 Å². The Kier molecular flexibility index (Phi) is 3.51. The van der Waals surface area contributed by atoms with Gasteiger partial charge in [0.05, 0.1) is 12.2 Å². The molecule has 1 atom stereocenters. The van der Waals surface area contributed by atoms with E-state index in [-0.39, 0.29) is 17.8 Å². The number of nitrogens with zero attached hydrogens (tertiary/aromatic N) is 7. The average Bonchev–Trinajstić information content (AvgIpc) is 3.21. The van der Waals surface area contributed by atoms with Crippen LogP contribution >= 0.6 is 0 Å². The van der Waals surface area contributed by atoms with E-state index in [1.807, 2.05) is 41.9 Å². The molecule has 124 valence electrons. The fourth-order valence-corrected chi connectivity index (χ4v) is 3.13. The second-order valence-electron chi connectivity index (χ2n) is 6.28. The van der Waals surface area contributed by atoms with Crippen LogP contribution in [0.4, 0.5) is 0 Å². The molecule has 3 aromatic heterocycles. The van der Waals surface area contributed by atoms with Gasteiger partial charge in [0.1, 0.15) is 0 Å². The number of piperidine rings is 1. The van der Waals surface area contributed by atoms with Gasteiger partial charge in [-0.05, 0) is 38.3 Å². The van der Waals surface area contributed by atoms with E-state index in [0.29, 0.717) is 12.3 Å². The van der Waals surface area contributed by atoms with Crippen molar-refractivity contribution in [3.05, 3.63) is 41.7 Å². The Balaban J connectivity index is 1.57. The summed E-state index contributed by atoms with van der Waals surface area (Å²) in [7, 11) is 0. The minimum absolute atomic E-state index is 0.145. The highest BCUT2D eigenvalue weighted by molar-refractivity contribution is 5.91. The summed E-state index contributed by atoms with van der Waals surface area (Å²) >= 11 is 0. The molecule has 0 N–H and O–H groups in total. The van der Waals surface area contributed by atoms with Crippen LogP contribution in [0.3, 0.4) is 0 Å². The van der Waals surface area contributed by atoms with Crippen molar-refractivity contribution in [3.63, 3.8) is 0 Å². The molecule has 1 aliphatic heterocycles. The number of carbonyl (C=O) groups is 1. The van der Waals surface area contributed by atoms with Crippen LogP contribution in [0.1, 0.15) is 40.8 Å². The number of hydrogen-bond acceptors (Lipinski definition) is 5. The van der Waals surface area contributed by atoms with Gasteiger partial charge in [0.25, 0.3) is 11.7 Å². The number of hydrogen-bond donors (Lipinski definition) is 0. The van der Waals surface area contributed by atoms with Crippen molar-refractivity contribution < 1.29 is 4.79 Å². The lowest BCUT2D eigenvalue weighted by Crippen LogP contribution is -2.41. The Hall–Kier alpha value is -2.77.